The summed E-state index contributed by atoms with van der Waals surface area (Å²) < 4.78 is 26.2. The molecule has 0 aliphatic carbocycles. The number of Topliss-reactive ketones (excluding diaryl/α,β-unsaturated/α-hetero) is 1. The molecule has 0 saturated carbocycles. The first-order chi connectivity index (χ1) is 10.8. The Morgan fingerprint density at radius 3 is 1.59 bits per heavy atom. The normalized spacial score (nSPS) is 10.5. The average Bonchev–Trinajstić information content (AvgIpc) is 2.54. The second-order valence-electron chi connectivity index (χ2n) is 4.35. The van der Waals surface area contributed by atoms with Crippen LogP contribution in [0.1, 0.15) is 19.8 Å². The van der Waals surface area contributed by atoms with Crippen molar-refractivity contribution in [2.75, 3.05) is 66.1 Å². The zero-order chi connectivity index (χ0) is 16.3. The van der Waals surface area contributed by atoms with Crippen molar-refractivity contribution in [2.24, 2.45) is 0 Å². The lowest BCUT2D eigenvalue weighted by Gasteiger charge is -2.07. The van der Waals surface area contributed by atoms with Gasteiger partial charge in [-0.2, -0.15) is 0 Å². The zero-order valence-electron chi connectivity index (χ0n) is 13.5. The van der Waals surface area contributed by atoms with Gasteiger partial charge in [0, 0.05) is 12.8 Å². The number of hydrogen-bond donors (Lipinski definition) is 0. The molecule has 0 N–H and O–H groups in total. The van der Waals surface area contributed by atoms with Crippen molar-refractivity contribution in [3.05, 3.63) is 0 Å². The lowest BCUT2D eigenvalue weighted by molar-refractivity contribution is -0.120. The fraction of sp³-hybridized carbons (Fsp3) is 0.812. The van der Waals surface area contributed by atoms with Gasteiger partial charge >= 0.3 is 0 Å². The fourth-order valence-corrected chi connectivity index (χ4v) is 1.37. The maximum absolute atomic E-state index is 11.0. The summed E-state index contributed by atoms with van der Waals surface area (Å²) in [6.45, 7) is 6.73. The SMILES string of the molecule is C#CCOCCOCCOCCOCCOCCC(=O)CC. The van der Waals surface area contributed by atoms with E-state index < -0.39 is 0 Å². The lowest BCUT2D eigenvalue weighted by atomic mass is 10.2. The van der Waals surface area contributed by atoms with Crippen LogP contribution in [-0.2, 0) is 28.5 Å². The first kappa shape index (κ1) is 21.0. The van der Waals surface area contributed by atoms with Crippen molar-refractivity contribution in [1.29, 1.82) is 0 Å². The van der Waals surface area contributed by atoms with Crippen molar-refractivity contribution in [2.45, 2.75) is 19.8 Å². The average molecular weight is 316 g/mol. The quantitative estimate of drug-likeness (QED) is 0.295. The van der Waals surface area contributed by atoms with E-state index in [4.69, 9.17) is 30.1 Å². The van der Waals surface area contributed by atoms with E-state index in [1.165, 1.54) is 0 Å². The Bertz CT molecular complexity index is 287. The van der Waals surface area contributed by atoms with E-state index in [9.17, 15) is 4.79 Å². The van der Waals surface area contributed by atoms with Crippen LogP contribution in [0.15, 0.2) is 0 Å². The first-order valence-corrected chi connectivity index (χ1v) is 7.65. The highest BCUT2D eigenvalue weighted by Crippen LogP contribution is 1.90. The third-order valence-electron chi connectivity index (χ3n) is 2.59. The number of hydrogen-bond acceptors (Lipinski definition) is 6. The van der Waals surface area contributed by atoms with Gasteiger partial charge < -0.3 is 23.7 Å². The van der Waals surface area contributed by atoms with Gasteiger partial charge in [0.1, 0.15) is 12.4 Å². The van der Waals surface area contributed by atoms with Gasteiger partial charge in [0.15, 0.2) is 0 Å². The van der Waals surface area contributed by atoms with Crippen LogP contribution in [0.3, 0.4) is 0 Å². The summed E-state index contributed by atoms with van der Waals surface area (Å²) in [4.78, 5) is 11.0. The molecule has 0 amide bonds. The molecule has 0 unspecified atom stereocenters. The molecule has 0 aromatic heterocycles. The highest BCUT2D eigenvalue weighted by molar-refractivity contribution is 5.78. The van der Waals surface area contributed by atoms with Crippen LogP contribution >= 0.6 is 0 Å². The molecular formula is C16H28O6. The van der Waals surface area contributed by atoms with Gasteiger partial charge in [-0.3, -0.25) is 4.79 Å². The molecule has 0 aliphatic rings. The minimum absolute atomic E-state index is 0.221. The molecule has 0 heterocycles. The first-order valence-electron chi connectivity index (χ1n) is 7.65. The highest BCUT2D eigenvalue weighted by atomic mass is 16.6. The maximum atomic E-state index is 11.0. The van der Waals surface area contributed by atoms with Crippen LogP contribution in [-0.4, -0.2) is 71.9 Å². The molecule has 0 atom stereocenters. The van der Waals surface area contributed by atoms with Crippen LogP contribution in [0.5, 0.6) is 0 Å². The van der Waals surface area contributed by atoms with Crippen LogP contribution in [0, 0.1) is 12.3 Å². The molecule has 128 valence electrons. The van der Waals surface area contributed by atoms with Gasteiger partial charge in [0.05, 0.1) is 59.5 Å². The Morgan fingerprint density at radius 1 is 0.773 bits per heavy atom. The zero-order valence-corrected chi connectivity index (χ0v) is 13.5. The molecule has 0 aromatic carbocycles. The fourth-order valence-electron chi connectivity index (χ4n) is 1.37. The Labute approximate surface area is 133 Å². The van der Waals surface area contributed by atoms with E-state index in [0.717, 1.165) is 0 Å². The van der Waals surface area contributed by atoms with Crippen molar-refractivity contribution in [3.63, 3.8) is 0 Å². The summed E-state index contributed by atoms with van der Waals surface area (Å²) in [7, 11) is 0. The van der Waals surface area contributed by atoms with E-state index in [-0.39, 0.29) is 5.78 Å². The van der Waals surface area contributed by atoms with Crippen molar-refractivity contribution >= 4 is 5.78 Å². The van der Waals surface area contributed by atoms with Gasteiger partial charge in [-0.15, -0.1) is 6.42 Å². The largest absolute Gasteiger partial charge is 0.379 e. The molecule has 0 bridgehead atoms. The van der Waals surface area contributed by atoms with Crippen molar-refractivity contribution in [1.82, 2.24) is 0 Å². The number of carbonyl (C=O) groups excluding carboxylic acids is 1. The highest BCUT2D eigenvalue weighted by Gasteiger charge is 1.97. The smallest absolute Gasteiger partial charge is 0.134 e. The number of rotatable bonds is 17. The van der Waals surface area contributed by atoms with Gasteiger partial charge in [0.2, 0.25) is 0 Å². The molecule has 0 radical (unpaired) electrons. The molecule has 0 rings (SSSR count). The van der Waals surface area contributed by atoms with E-state index in [0.29, 0.717) is 78.9 Å². The van der Waals surface area contributed by atoms with Crippen molar-refractivity contribution in [3.8, 4) is 12.3 Å². The standard InChI is InChI=1S/C16H28O6/c1-3-6-18-8-10-20-12-14-22-15-13-21-11-9-19-7-5-16(17)4-2/h1H,4-15H2,2H3. The molecule has 6 nitrogen and oxygen atoms in total. The van der Waals surface area contributed by atoms with E-state index in [1.807, 2.05) is 6.92 Å². The predicted molar refractivity (Wildman–Crippen MR) is 82.8 cm³/mol. The summed E-state index contributed by atoms with van der Waals surface area (Å²) >= 11 is 0. The maximum Gasteiger partial charge on any atom is 0.134 e. The number of carbonyl (C=O) groups is 1. The lowest BCUT2D eigenvalue weighted by Crippen LogP contribution is -2.13. The van der Waals surface area contributed by atoms with Gasteiger partial charge in [-0.25, -0.2) is 0 Å². The molecule has 22 heavy (non-hydrogen) atoms. The van der Waals surface area contributed by atoms with Gasteiger partial charge in [-0.1, -0.05) is 12.8 Å². The van der Waals surface area contributed by atoms with Gasteiger partial charge in [-0.05, 0) is 0 Å². The van der Waals surface area contributed by atoms with E-state index in [1.54, 1.807) is 0 Å². The Morgan fingerprint density at radius 2 is 1.18 bits per heavy atom. The Kier molecular flexibility index (Phi) is 17.3. The summed E-state index contributed by atoms with van der Waals surface area (Å²) in [5.41, 5.74) is 0. The summed E-state index contributed by atoms with van der Waals surface area (Å²) in [5, 5.41) is 0. The second-order valence-corrected chi connectivity index (χ2v) is 4.35. The molecule has 0 saturated heterocycles. The molecule has 6 heteroatoms. The molecule has 0 fully saturated rings. The Balaban J connectivity index is 3.00. The number of terminal acetylenes is 1. The minimum atomic E-state index is 0.221. The van der Waals surface area contributed by atoms with Crippen LogP contribution < -0.4 is 0 Å². The second kappa shape index (κ2) is 18.1. The van der Waals surface area contributed by atoms with Crippen LogP contribution in [0.4, 0.5) is 0 Å². The third kappa shape index (κ3) is 17.1. The molecule has 0 spiro atoms. The predicted octanol–water partition coefficient (Wildman–Crippen LogP) is 1.07. The van der Waals surface area contributed by atoms with Crippen LogP contribution in [0.2, 0.25) is 0 Å². The topological polar surface area (TPSA) is 63.2 Å². The number of ketones is 1. The summed E-state index contributed by atoms with van der Waals surface area (Å²) in [6, 6.07) is 0. The number of ether oxygens (including phenoxy) is 5. The Hall–Kier alpha value is -0.970. The monoisotopic (exact) mass is 316 g/mol. The van der Waals surface area contributed by atoms with Gasteiger partial charge in [0.25, 0.3) is 0 Å². The minimum Gasteiger partial charge on any atom is -0.379 e. The van der Waals surface area contributed by atoms with E-state index in [2.05, 4.69) is 5.92 Å². The van der Waals surface area contributed by atoms with Crippen molar-refractivity contribution < 1.29 is 28.5 Å². The third-order valence-corrected chi connectivity index (χ3v) is 2.59. The van der Waals surface area contributed by atoms with E-state index >= 15 is 0 Å². The molecular weight excluding hydrogens is 288 g/mol. The van der Waals surface area contributed by atoms with Crippen LogP contribution in [0.25, 0.3) is 0 Å². The molecule has 0 aromatic rings. The molecule has 0 aliphatic heterocycles. The summed E-state index contributed by atoms with van der Waals surface area (Å²) in [6.07, 6.45) is 6.08. The summed E-state index contributed by atoms with van der Waals surface area (Å²) in [5.74, 6) is 2.60.